The van der Waals surface area contributed by atoms with E-state index in [1.54, 1.807) is 25.1 Å². The van der Waals surface area contributed by atoms with Gasteiger partial charge in [-0.1, -0.05) is 12.1 Å². The second kappa shape index (κ2) is 8.23. The van der Waals surface area contributed by atoms with Crippen molar-refractivity contribution in [2.75, 3.05) is 19.8 Å². The number of amides is 1. The number of nitrogens with one attached hydrogen (secondary N) is 1. The SMILES string of the molecule is Cc1cc(CNC(=O)[C@H]2CCCN2S(=O)(=O)c2ccc3c(c2)OCCO3)ccc1F. The lowest BCUT2D eigenvalue weighted by molar-refractivity contribution is -0.124. The largest absolute Gasteiger partial charge is 0.486 e. The number of hydrogen-bond acceptors (Lipinski definition) is 5. The van der Waals surface area contributed by atoms with E-state index >= 15 is 0 Å². The molecule has 1 fully saturated rings. The predicted octanol–water partition coefficient (Wildman–Crippen LogP) is 2.37. The molecule has 1 saturated heterocycles. The minimum Gasteiger partial charge on any atom is -0.486 e. The summed E-state index contributed by atoms with van der Waals surface area (Å²) in [6.07, 6.45) is 1.04. The highest BCUT2D eigenvalue weighted by atomic mass is 32.2. The number of ether oxygens (including phenoxy) is 2. The Balaban J connectivity index is 1.49. The summed E-state index contributed by atoms with van der Waals surface area (Å²) < 4.78 is 52.0. The molecule has 160 valence electrons. The van der Waals surface area contributed by atoms with Crippen LogP contribution in [-0.2, 0) is 21.4 Å². The summed E-state index contributed by atoms with van der Waals surface area (Å²) in [6, 6.07) is 8.31. The third kappa shape index (κ3) is 3.99. The van der Waals surface area contributed by atoms with Crippen LogP contribution in [0.1, 0.15) is 24.0 Å². The van der Waals surface area contributed by atoms with Gasteiger partial charge in [-0.2, -0.15) is 4.31 Å². The maximum Gasteiger partial charge on any atom is 0.243 e. The average molecular weight is 434 g/mol. The molecule has 2 aromatic rings. The summed E-state index contributed by atoms with van der Waals surface area (Å²) in [5.74, 6) is 0.216. The van der Waals surface area contributed by atoms with Crippen molar-refractivity contribution in [3.63, 3.8) is 0 Å². The van der Waals surface area contributed by atoms with Crippen molar-refractivity contribution >= 4 is 15.9 Å². The van der Waals surface area contributed by atoms with Crippen LogP contribution in [0.5, 0.6) is 11.5 Å². The van der Waals surface area contributed by atoms with E-state index < -0.39 is 16.1 Å². The molecule has 4 rings (SSSR count). The van der Waals surface area contributed by atoms with Gasteiger partial charge in [-0.3, -0.25) is 4.79 Å². The molecule has 1 atom stereocenters. The predicted molar refractivity (Wildman–Crippen MR) is 107 cm³/mol. The van der Waals surface area contributed by atoms with Gasteiger partial charge in [-0.25, -0.2) is 12.8 Å². The Morgan fingerprint density at radius 2 is 1.93 bits per heavy atom. The van der Waals surface area contributed by atoms with Gasteiger partial charge in [-0.15, -0.1) is 0 Å². The van der Waals surface area contributed by atoms with Gasteiger partial charge >= 0.3 is 0 Å². The van der Waals surface area contributed by atoms with Crippen LogP contribution in [0.3, 0.4) is 0 Å². The van der Waals surface area contributed by atoms with Crippen LogP contribution < -0.4 is 14.8 Å². The molecule has 2 heterocycles. The van der Waals surface area contributed by atoms with E-state index in [1.807, 2.05) is 0 Å². The number of sulfonamides is 1. The quantitative estimate of drug-likeness (QED) is 0.781. The molecule has 30 heavy (non-hydrogen) atoms. The lowest BCUT2D eigenvalue weighted by Crippen LogP contribution is -2.45. The van der Waals surface area contributed by atoms with Crippen LogP contribution in [0.4, 0.5) is 4.39 Å². The lowest BCUT2D eigenvalue weighted by atomic mass is 10.1. The zero-order chi connectivity index (χ0) is 21.3. The van der Waals surface area contributed by atoms with Crippen molar-refractivity contribution in [2.45, 2.75) is 37.2 Å². The van der Waals surface area contributed by atoms with Gasteiger partial charge < -0.3 is 14.8 Å². The average Bonchev–Trinajstić information content (AvgIpc) is 3.25. The second-order valence-electron chi connectivity index (χ2n) is 7.38. The molecule has 2 aromatic carbocycles. The fourth-order valence-electron chi connectivity index (χ4n) is 3.73. The zero-order valence-corrected chi connectivity index (χ0v) is 17.4. The summed E-state index contributed by atoms with van der Waals surface area (Å²) in [7, 11) is -3.87. The number of benzene rings is 2. The van der Waals surface area contributed by atoms with Gasteiger partial charge in [0.15, 0.2) is 11.5 Å². The molecule has 9 heteroatoms. The number of nitrogens with zero attached hydrogens (tertiary/aromatic N) is 1. The minimum atomic E-state index is -3.87. The normalized spacial score (nSPS) is 18.9. The maximum absolute atomic E-state index is 13.4. The van der Waals surface area contributed by atoms with Gasteiger partial charge in [0, 0.05) is 19.2 Å². The Hall–Kier alpha value is -2.65. The molecule has 1 amide bonds. The fraction of sp³-hybridized carbons (Fsp3) is 0.381. The van der Waals surface area contributed by atoms with E-state index in [2.05, 4.69) is 5.32 Å². The number of carbonyl (C=O) groups is 1. The molecule has 0 saturated carbocycles. The highest BCUT2D eigenvalue weighted by Gasteiger charge is 2.39. The number of carbonyl (C=O) groups excluding carboxylic acids is 1. The number of fused-ring (bicyclic) bond motifs is 1. The molecule has 0 unspecified atom stereocenters. The molecule has 0 bridgehead atoms. The van der Waals surface area contributed by atoms with Crippen molar-refractivity contribution in [1.82, 2.24) is 9.62 Å². The molecular weight excluding hydrogens is 411 g/mol. The Bertz CT molecular complexity index is 1070. The van der Waals surface area contributed by atoms with Crippen LogP contribution in [0.25, 0.3) is 0 Å². The van der Waals surface area contributed by atoms with Gasteiger partial charge in [0.1, 0.15) is 25.1 Å². The van der Waals surface area contributed by atoms with Crippen LogP contribution in [0.15, 0.2) is 41.3 Å². The molecule has 0 spiro atoms. The minimum absolute atomic E-state index is 0.0700. The van der Waals surface area contributed by atoms with Crippen LogP contribution in [-0.4, -0.2) is 44.4 Å². The first-order valence-corrected chi connectivity index (χ1v) is 11.2. The lowest BCUT2D eigenvalue weighted by Gasteiger charge is -2.24. The second-order valence-corrected chi connectivity index (χ2v) is 9.27. The number of hydrogen-bond donors (Lipinski definition) is 1. The number of rotatable bonds is 5. The first-order valence-electron chi connectivity index (χ1n) is 9.80. The molecule has 1 N–H and O–H groups in total. The summed E-state index contributed by atoms with van der Waals surface area (Å²) in [5, 5.41) is 2.78. The van der Waals surface area contributed by atoms with E-state index in [-0.39, 0.29) is 29.7 Å². The van der Waals surface area contributed by atoms with Crippen molar-refractivity contribution in [3.8, 4) is 11.5 Å². The van der Waals surface area contributed by atoms with Gasteiger partial charge in [0.2, 0.25) is 15.9 Å². The van der Waals surface area contributed by atoms with Crippen molar-refractivity contribution in [2.24, 2.45) is 0 Å². The van der Waals surface area contributed by atoms with E-state index in [1.165, 1.54) is 22.5 Å². The van der Waals surface area contributed by atoms with Gasteiger partial charge in [-0.05, 0) is 49.1 Å². The Labute approximate surface area is 174 Å². The third-order valence-electron chi connectivity index (χ3n) is 5.32. The highest BCUT2D eigenvalue weighted by molar-refractivity contribution is 7.89. The summed E-state index contributed by atoms with van der Waals surface area (Å²) >= 11 is 0. The summed E-state index contributed by atoms with van der Waals surface area (Å²) in [5.41, 5.74) is 1.24. The summed E-state index contributed by atoms with van der Waals surface area (Å²) in [6.45, 7) is 2.90. The number of aryl methyl sites for hydroxylation is 1. The Kier molecular flexibility index (Phi) is 5.66. The monoisotopic (exact) mass is 434 g/mol. The highest BCUT2D eigenvalue weighted by Crippen LogP contribution is 2.34. The molecule has 0 aliphatic carbocycles. The smallest absolute Gasteiger partial charge is 0.243 e. The van der Waals surface area contributed by atoms with Crippen LogP contribution in [0.2, 0.25) is 0 Å². The zero-order valence-electron chi connectivity index (χ0n) is 16.6. The summed E-state index contributed by atoms with van der Waals surface area (Å²) in [4.78, 5) is 12.8. The van der Waals surface area contributed by atoms with E-state index in [4.69, 9.17) is 9.47 Å². The number of halogens is 1. The molecule has 0 aromatic heterocycles. The Morgan fingerprint density at radius 1 is 1.17 bits per heavy atom. The van der Waals surface area contributed by atoms with Crippen molar-refractivity contribution in [1.29, 1.82) is 0 Å². The molecule has 0 radical (unpaired) electrons. The van der Waals surface area contributed by atoms with E-state index in [0.717, 1.165) is 5.56 Å². The topological polar surface area (TPSA) is 84.9 Å². The molecular formula is C21H23FN2O5S. The van der Waals surface area contributed by atoms with E-state index in [0.29, 0.717) is 43.1 Å². The first-order chi connectivity index (χ1) is 14.4. The molecule has 7 nitrogen and oxygen atoms in total. The Morgan fingerprint density at radius 3 is 2.70 bits per heavy atom. The standard InChI is InChI=1S/C21H23FN2O5S/c1-14-11-15(4-6-17(14)22)13-23-21(25)18-3-2-8-24(18)30(26,27)16-5-7-19-20(12-16)29-10-9-28-19/h4-7,11-12,18H,2-3,8-10,13H2,1H3,(H,23,25)/t18-/m1/s1. The van der Waals surface area contributed by atoms with E-state index in [9.17, 15) is 17.6 Å². The van der Waals surface area contributed by atoms with Gasteiger partial charge in [0.25, 0.3) is 0 Å². The van der Waals surface area contributed by atoms with Crippen LogP contribution >= 0.6 is 0 Å². The van der Waals surface area contributed by atoms with Crippen LogP contribution in [0, 0.1) is 12.7 Å². The maximum atomic E-state index is 13.4. The van der Waals surface area contributed by atoms with Crippen molar-refractivity contribution < 1.29 is 27.1 Å². The molecule has 2 aliphatic heterocycles. The third-order valence-corrected chi connectivity index (χ3v) is 7.22. The van der Waals surface area contributed by atoms with Gasteiger partial charge in [0.05, 0.1) is 4.90 Å². The van der Waals surface area contributed by atoms with Crippen molar-refractivity contribution in [3.05, 3.63) is 53.3 Å². The fourth-order valence-corrected chi connectivity index (χ4v) is 5.41. The first kappa shape index (κ1) is 20.6. The molecule has 2 aliphatic rings.